The van der Waals surface area contributed by atoms with Crippen molar-refractivity contribution in [1.29, 1.82) is 0 Å². The van der Waals surface area contributed by atoms with Gasteiger partial charge < -0.3 is 19.9 Å². The number of benzene rings is 1. The van der Waals surface area contributed by atoms with Crippen molar-refractivity contribution in [2.24, 2.45) is 0 Å². The molecule has 0 radical (unpaired) electrons. The highest BCUT2D eigenvalue weighted by Gasteiger charge is 2.15. The zero-order valence-electron chi connectivity index (χ0n) is 19.1. The number of fused-ring (bicyclic) bond motifs is 1. The number of H-pyrrole nitrogens is 1. The molecule has 6 nitrogen and oxygen atoms in total. The molecule has 0 amide bonds. The number of thiocarbonyl (C=S) groups is 1. The number of aryl methyl sites for hydroxylation is 2. The average molecular weight is 445 g/mol. The second-order valence-electron chi connectivity index (χ2n) is 8.48. The predicted molar refractivity (Wildman–Crippen MR) is 132 cm³/mol. The molecule has 2 aromatic rings. The Kier molecular flexibility index (Phi) is 8.87. The monoisotopic (exact) mass is 444 g/mol. The largest absolute Gasteiger partial charge is 0.379 e. The number of nitrogens with one attached hydrogen (secondary N) is 2. The lowest BCUT2D eigenvalue weighted by Crippen LogP contribution is -2.43. The summed E-state index contributed by atoms with van der Waals surface area (Å²) < 4.78 is 5.44. The van der Waals surface area contributed by atoms with Crippen LogP contribution < -0.4 is 10.9 Å². The van der Waals surface area contributed by atoms with E-state index in [1.54, 1.807) is 0 Å². The molecule has 0 spiro atoms. The van der Waals surface area contributed by atoms with Gasteiger partial charge in [-0.2, -0.15) is 0 Å². The Bertz CT molecular complexity index is 937. The van der Waals surface area contributed by atoms with Gasteiger partial charge in [-0.05, 0) is 62.2 Å². The SMILES string of the molecule is CCCCNC(=S)N(CCCN1CCOCC1)Cc1cc2c(C)cc(C)cc2[nH]c1=O. The summed E-state index contributed by atoms with van der Waals surface area (Å²) in [7, 11) is 0. The molecule has 1 aromatic carbocycles. The second kappa shape index (κ2) is 11.6. The number of rotatable bonds is 9. The first-order valence-corrected chi connectivity index (χ1v) is 11.8. The molecule has 0 bridgehead atoms. The number of hydrogen-bond donors (Lipinski definition) is 2. The van der Waals surface area contributed by atoms with Crippen LogP contribution in [0.5, 0.6) is 0 Å². The normalized spacial score (nSPS) is 14.7. The Labute approximate surface area is 191 Å². The Morgan fingerprint density at radius 3 is 2.74 bits per heavy atom. The van der Waals surface area contributed by atoms with Gasteiger partial charge in [-0.1, -0.05) is 19.4 Å². The van der Waals surface area contributed by atoms with E-state index in [4.69, 9.17) is 17.0 Å². The molecular weight excluding hydrogens is 408 g/mol. The van der Waals surface area contributed by atoms with Gasteiger partial charge in [-0.25, -0.2) is 0 Å². The summed E-state index contributed by atoms with van der Waals surface area (Å²) in [5.41, 5.74) is 3.95. The molecule has 2 N–H and O–H groups in total. The average Bonchev–Trinajstić information content (AvgIpc) is 2.74. The van der Waals surface area contributed by atoms with Crippen LogP contribution in [0.2, 0.25) is 0 Å². The highest BCUT2D eigenvalue weighted by molar-refractivity contribution is 7.80. The van der Waals surface area contributed by atoms with E-state index >= 15 is 0 Å². The van der Waals surface area contributed by atoms with Gasteiger partial charge in [-0.15, -0.1) is 0 Å². The van der Waals surface area contributed by atoms with Gasteiger partial charge >= 0.3 is 0 Å². The van der Waals surface area contributed by atoms with Crippen molar-refractivity contribution in [3.63, 3.8) is 0 Å². The molecule has 0 atom stereocenters. The van der Waals surface area contributed by atoms with E-state index in [-0.39, 0.29) is 5.56 Å². The minimum absolute atomic E-state index is 0.0352. The summed E-state index contributed by atoms with van der Waals surface area (Å²) in [6, 6.07) is 6.22. The Hall–Kier alpha value is -1.96. The summed E-state index contributed by atoms with van der Waals surface area (Å²) in [6.07, 6.45) is 3.20. The lowest BCUT2D eigenvalue weighted by atomic mass is 10.0. The van der Waals surface area contributed by atoms with E-state index in [1.807, 2.05) is 12.1 Å². The number of aromatic amines is 1. The molecule has 0 unspecified atom stereocenters. The summed E-state index contributed by atoms with van der Waals surface area (Å²) >= 11 is 5.71. The number of nitrogens with zero attached hydrogens (tertiary/aromatic N) is 2. The van der Waals surface area contributed by atoms with Crippen LogP contribution in [0.4, 0.5) is 0 Å². The van der Waals surface area contributed by atoms with E-state index in [0.29, 0.717) is 6.54 Å². The van der Waals surface area contributed by atoms with Crippen LogP contribution in [-0.2, 0) is 11.3 Å². The van der Waals surface area contributed by atoms with Crippen molar-refractivity contribution in [3.8, 4) is 0 Å². The maximum atomic E-state index is 12.8. The molecule has 31 heavy (non-hydrogen) atoms. The van der Waals surface area contributed by atoms with Gasteiger partial charge in [0.2, 0.25) is 0 Å². The second-order valence-corrected chi connectivity index (χ2v) is 8.87. The maximum Gasteiger partial charge on any atom is 0.253 e. The highest BCUT2D eigenvalue weighted by atomic mass is 32.1. The van der Waals surface area contributed by atoms with E-state index in [0.717, 1.165) is 92.3 Å². The number of morpholine rings is 1. The fraction of sp³-hybridized carbons (Fsp3) is 0.583. The Balaban J connectivity index is 1.73. The van der Waals surface area contributed by atoms with Crippen molar-refractivity contribution in [2.75, 3.05) is 45.9 Å². The molecule has 0 aliphatic carbocycles. The number of ether oxygens (including phenoxy) is 1. The third kappa shape index (κ3) is 6.76. The number of pyridine rings is 1. The summed E-state index contributed by atoms with van der Waals surface area (Å²) in [4.78, 5) is 20.5. The summed E-state index contributed by atoms with van der Waals surface area (Å²) in [5.74, 6) is 0. The number of aromatic nitrogens is 1. The molecule has 1 aromatic heterocycles. The van der Waals surface area contributed by atoms with Crippen LogP contribution in [0.1, 0.15) is 42.9 Å². The standard InChI is InChI=1S/C24H36N4O2S/c1-4-5-7-25-24(31)28(9-6-8-27-10-12-30-13-11-27)17-20-16-21-19(3)14-18(2)15-22(21)26-23(20)29/h14-16H,4-13,17H2,1-3H3,(H,25,31)(H,26,29). The van der Waals surface area contributed by atoms with Crippen LogP contribution in [0.3, 0.4) is 0 Å². The van der Waals surface area contributed by atoms with Gasteiger partial charge in [-0.3, -0.25) is 9.69 Å². The molecule has 3 rings (SSSR count). The molecule has 170 valence electrons. The lowest BCUT2D eigenvalue weighted by molar-refractivity contribution is 0.0367. The van der Waals surface area contributed by atoms with Gasteiger partial charge in [0.05, 0.1) is 19.8 Å². The number of unbranched alkanes of at least 4 members (excludes halogenated alkanes) is 1. The Morgan fingerprint density at radius 1 is 1.23 bits per heavy atom. The minimum Gasteiger partial charge on any atom is -0.379 e. The quantitative estimate of drug-likeness (QED) is 0.457. The third-order valence-electron chi connectivity index (χ3n) is 5.85. The maximum absolute atomic E-state index is 12.8. The summed E-state index contributed by atoms with van der Waals surface area (Å²) in [6.45, 7) is 13.1. The molecule has 1 saturated heterocycles. The van der Waals surface area contributed by atoms with E-state index in [2.05, 4.69) is 46.9 Å². The van der Waals surface area contributed by atoms with E-state index in [9.17, 15) is 4.79 Å². The van der Waals surface area contributed by atoms with Crippen molar-refractivity contribution in [3.05, 3.63) is 45.2 Å². The zero-order valence-corrected chi connectivity index (χ0v) is 19.9. The van der Waals surface area contributed by atoms with Crippen LogP contribution in [0.25, 0.3) is 10.9 Å². The van der Waals surface area contributed by atoms with Crippen molar-refractivity contribution in [1.82, 2.24) is 20.1 Å². The predicted octanol–water partition coefficient (Wildman–Crippen LogP) is 3.34. The van der Waals surface area contributed by atoms with Gasteiger partial charge in [0.15, 0.2) is 5.11 Å². The highest BCUT2D eigenvalue weighted by Crippen LogP contribution is 2.19. The molecule has 7 heteroatoms. The lowest BCUT2D eigenvalue weighted by Gasteiger charge is -2.29. The molecule has 1 aliphatic rings. The first-order chi connectivity index (χ1) is 15.0. The number of hydrogen-bond acceptors (Lipinski definition) is 4. The molecular formula is C24H36N4O2S. The zero-order chi connectivity index (χ0) is 22.2. The Morgan fingerprint density at radius 2 is 2.00 bits per heavy atom. The fourth-order valence-corrected chi connectivity index (χ4v) is 4.34. The summed E-state index contributed by atoms with van der Waals surface area (Å²) in [5, 5.41) is 5.21. The van der Waals surface area contributed by atoms with Crippen molar-refractivity contribution in [2.45, 2.75) is 46.6 Å². The van der Waals surface area contributed by atoms with Crippen molar-refractivity contribution >= 4 is 28.2 Å². The van der Waals surface area contributed by atoms with E-state index in [1.165, 1.54) is 5.56 Å². The molecule has 1 fully saturated rings. The first kappa shape index (κ1) is 23.7. The molecule has 1 aliphatic heterocycles. The van der Waals surface area contributed by atoms with Crippen LogP contribution in [0, 0.1) is 13.8 Å². The van der Waals surface area contributed by atoms with Crippen LogP contribution in [-0.4, -0.2) is 65.8 Å². The van der Waals surface area contributed by atoms with Crippen LogP contribution in [0.15, 0.2) is 23.0 Å². The smallest absolute Gasteiger partial charge is 0.253 e. The van der Waals surface area contributed by atoms with Crippen LogP contribution >= 0.6 is 12.2 Å². The molecule has 2 heterocycles. The molecule has 0 saturated carbocycles. The van der Waals surface area contributed by atoms with Crippen molar-refractivity contribution < 1.29 is 4.74 Å². The topological polar surface area (TPSA) is 60.6 Å². The third-order valence-corrected chi connectivity index (χ3v) is 6.25. The van der Waals surface area contributed by atoms with E-state index < -0.39 is 0 Å². The first-order valence-electron chi connectivity index (χ1n) is 11.4. The minimum atomic E-state index is -0.0352. The fourth-order valence-electron chi connectivity index (χ4n) is 4.09. The van der Waals surface area contributed by atoms with Gasteiger partial charge in [0.1, 0.15) is 0 Å². The van der Waals surface area contributed by atoms with Gasteiger partial charge in [0, 0.05) is 49.2 Å². The van der Waals surface area contributed by atoms with Gasteiger partial charge in [0.25, 0.3) is 5.56 Å².